The maximum absolute atomic E-state index is 12.9. The molecule has 0 radical (unpaired) electrons. The van der Waals surface area contributed by atoms with Crippen molar-refractivity contribution >= 4 is 17.5 Å². The van der Waals surface area contributed by atoms with Crippen LogP contribution in [0.25, 0.3) is 0 Å². The van der Waals surface area contributed by atoms with Crippen molar-refractivity contribution in [2.75, 3.05) is 26.2 Å². The Labute approximate surface area is 139 Å². The smallest absolute Gasteiger partial charge is 0.273 e. The highest BCUT2D eigenvalue weighted by atomic mass is 35.5. The summed E-state index contributed by atoms with van der Waals surface area (Å²) in [6.45, 7) is 3.59. The largest absolute Gasteiger partial charge is 0.335 e. The van der Waals surface area contributed by atoms with E-state index in [4.69, 9.17) is 11.6 Å². The molecule has 0 N–H and O–H groups in total. The van der Waals surface area contributed by atoms with Gasteiger partial charge in [0.15, 0.2) is 0 Å². The highest BCUT2D eigenvalue weighted by Gasteiger charge is 2.25. The maximum Gasteiger partial charge on any atom is 0.273 e. The zero-order valence-corrected chi connectivity index (χ0v) is 13.6. The number of piperazine rings is 1. The summed E-state index contributed by atoms with van der Waals surface area (Å²) in [5, 5.41) is 4.39. The minimum absolute atomic E-state index is 0.0866. The SMILES string of the molecule is Cn1ncc(Cl)c1C(=O)N1CCN(Cc2ccc(F)cc2)CC1. The van der Waals surface area contributed by atoms with E-state index in [9.17, 15) is 9.18 Å². The normalized spacial score (nSPS) is 15.9. The fraction of sp³-hybridized carbons (Fsp3) is 0.375. The number of aryl methyl sites for hydroxylation is 1. The molecule has 0 aliphatic carbocycles. The molecule has 0 saturated carbocycles. The summed E-state index contributed by atoms with van der Waals surface area (Å²) in [6.07, 6.45) is 1.49. The molecule has 1 saturated heterocycles. The van der Waals surface area contributed by atoms with Crippen molar-refractivity contribution in [3.8, 4) is 0 Å². The second kappa shape index (κ2) is 6.68. The Morgan fingerprint density at radius 1 is 1.22 bits per heavy atom. The van der Waals surface area contributed by atoms with Crippen molar-refractivity contribution in [3.05, 3.63) is 52.6 Å². The number of halogens is 2. The number of aromatic nitrogens is 2. The third-order valence-electron chi connectivity index (χ3n) is 4.08. The standard InChI is InChI=1S/C16H18ClFN4O/c1-20-15(14(17)10-19-20)16(23)22-8-6-21(7-9-22)11-12-2-4-13(18)5-3-12/h2-5,10H,6-9,11H2,1H3. The molecular weight excluding hydrogens is 319 g/mol. The first-order valence-corrected chi connectivity index (χ1v) is 7.86. The fourth-order valence-corrected chi connectivity index (χ4v) is 3.00. The van der Waals surface area contributed by atoms with Crippen molar-refractivity contribution in [1.82, 2.24) is 19.6 Å². The van der Waals surface area contributed by atoms with Gasteiger partial charge in [0.25, 0.3) is 5.91 Å². The minimum Gasteiger partial charge on any atom is -0.335 e. The van der Waals surface area contributed by atoms with Gasteiger partial charge in [-0.3, -0.25) is 14.4 Å². The van der Waals surface area contributed by atoms with Crippen LogP contribution in [-0.2, 0) is 13.6 Å². The second-order valence-corrected chi connectivity index (χ2v) is 6.07. The Bertz CT molecular complexity index is 673. The van der Waals surface area contributed by atoms with E-state index in [1.165, 1.54) is 23.0 Å². The lowest BCUT2D eigenvalue weighted by molar-refractivity contribution is 0.0618. The molecule has 1 aromatic heterocycles. The molecule has 2 aromatic rings. The van der Waals surface area contributed by atoms with Crippen LogP contribution in [0.2, 0.25) is 5.02 Å². The van der Waals surface area contributed by atoms with E-state index in [1.54, 1.807) is 24.1 Å². The van der Waals surface area contributed by atoms with Crippen molar-refractivity contribution in [2.45, 2.75) is 6.54 Å². The van der Waals surface area contributed by atoms with Crippen molar-refractivity contribution < 1.29 is 9.18 Å². The Morgan fingerprint density at radius 3 is 2.43 bits per heavy atom. The molecule has 23 heavy (non-hydrogen) atoms. The molecule has 2 heterocycles. The summed E-state index contributed by atoms with van der Waals surface area (Å²) < 4.78 is 14.4. The highest BCUT2D eigenvalue weighted by molar-refractivity contribution is 6.33. The number of rotatable bonds is 3. The quantitative estimate of drug-likeness (QED) is 0.862. The van der Waals surface area contributed by atoms with Crippen LogP contribution < -0.4 is 0 Å². The molecule has 5 nitrogen and oxygen atoms in total. The summed E-state index contributed by atoms with van der Waals surface area (Å²) >= 11 is 6.04. The zero-order chi connectivity index (χ0) is 16.4. The van der Waals surface area contributed by atoms with Crippen LogP contribution in [0.3, 0.4) is 0 Å². The van der Waals surface area contributed by atoms with Gasteiger partial charge in [-0.15, -0.1) is 0 Å². The van der Waals surface area contributed by atoms with Gasteiger partial charge in [-0.1, -0.05) is 23.7 Å². The predicted octanol–water partition coefficient (Wildman–Crippen LogP) is 2.17. The Morgan fingerprint density at radius 2 is 1.87 bits per heavy atom. The van der Waals surface area contributed by atoms with Crippen LogP contribution in [0.15, 0.2) is 30.5 Å². The van der Waals surface area contributed by atoms with Crippen LogP contribution in [-0.4, -0.2) is 51.7 Å². The van der Waals surface area contributed by atoms with Crippen LogP contribution in [0, 0.1) is 5.82 Å². The first-order chi connectivity index (χ1) is 11.0. The molecule has 1 aliphatic heterocycles. The first-order valence-electron chi connectivity index (χ1n) is 7.48. The van der Waals surface area contributed by atoms with Gasteiger partial charge in [-0.2, -0.15) is 5.10 Å². The van der Waals surface area contributed by atoms with Crippen LogP contribution in [0.5, 0.6) is 0 Å². The van der Waals surface area contributed by atoms with E-state index >= 15 is 0 Å². The minimum atomic E-state index is -0.225. The molecule has 1 aromatic carbocycles. The van der Waals surface area contributed by atoms with Crippen LogP contribution in [0.4, 0.5) is 4.39 Å². The highest BCUT2D eigenvalue weighted by Crippen LogP contribution is 2.18. The predicted molar refractivity (Wildman–Crippen MR) is 85.8 cm³/mol. The molecule has 0 bridgehead atoms. The Kier molecular flexibility index (Phi) is 4.63. The Hall–Kier alpha value is -1.92. The number of benzene rings is 1. The zero-order valence-electron chi connectivity index (χ0n) is 12.9. The molecule has 0 atom stereocenters. The van der Waals surface area contributed by atoms with Crippen LogP contribution in [0.1, 0.15) is 16.1 Å². The molecule has 3 rings (SSSR count). The summed E-state index contributed by atoms with van der Waals surface area (Å²) in [7, 11) is 1.71. The average Bonchev–Trinajstić information content (AvgIpc) is 2.88. The van der Waals surface area contributed by atoms with Crippen LogP contribution >= 0.6 is 11.6 Å². The number of hydrogen-bond acceptors (Lipinski definition) is 3. The van der Waals surface area contributed by atoms with E-state index in [2.05, 4.69) is 10.00 Å². The molecule has 122 valence electrons. The third-order valence-corrected chi connectivity index (χ3v) is 4.35. The number of carbonyl (C=O) groups is 1. The number of nitrogens with zero attached hydrogens (tertiary/aromatic N) is 4. The van der Waals surface area contributed by atoms with Crippen molar-refractivity contribution in [2.24, 2.45) is 7.05 Å². The van der Waals surface area contributed by atoms with Crippen molar-refractivity contribution in [1.29, 1.82) is 0 Å². The van der Waals surface area contributed by atoms with Gasteiger partial charge in [0.1, 0.15) is 11.5 Å². The monoisotopic (exact) mass is 336 g/mol. The molecule has 0 unspecified atom stereocenters. The van der Waals surface area contributed by atoms with Gasteiger partial charge < -0.3 is 4.90 Å². The van der Waals surface area contributed by atoms with E-state index < -0.39 is 0 Å². The molecule has 7 heteroatoms. The van der Waals surface area contributed by atoms with Gasteiger partial charge >= 0.3 is 0 Å². The lowest BCUT2D eigenvalue weighted by Crippen LogP contribution is -2.48. The lowest BCUT2D eigenvalue weighted by Gasteiger charge is -2.34. The first kappa shape index (κ1) is 16.0. The number of hydrogen-bond donors (Lipinski definition) is 0. The summed E-state index contributed by atoms with van der Waals surface area (Å²) in [5.74, 6) is -0.311. The van der Waals surface area contributed by atoms with Gasteiger partial charge in [-0.25, -0.2) is 4.39 Å². The van der Waals surface area contributed by atoms with E-state index in [1.807, 2.05) is 0 Å². The second-order valence-electron chi connectivity index (χ2n) is 5.66. The third kappa shape index (κ3) is 3.54. The molecule has 1 amide bonds. The maximum atomic E-state index is 12.9. The van der Waals surface area contributed by atoms with E-state index in [0.717, 1.165) is 25.2 Å². The summed E-state index contributed by atoms with van der Waals surface area (Å²) in [4.78, 5) is 16.6. The number of carbonyl (C=O) groups excluding carboxylic acids is 1. The topological polar surface area (TPSA) is 41.4 Å². The summed E-state index contributed by atoms with van der Waals surface area (Å²) in [6, 6.07) is 6.53. The molecule has 1 aliphatic rings. The lowest BCUT2D eigenvalue weighted by atomic mass is 10.2. The fourth-order valence-electron chi connectivity index (χ4n) is 2.76. The van der Waals surface area contributed by atoms with E-state index in [0.29, 0.717) is 23.8 Å². The van der Waals surface area contributed by atoms with Gasteiger partial charge in [0.2, 0.25) is 0 Å². The van der Waals surface area contributed by atoms with Crippen molar-refractivity contribution in [3.63, 3.8) is 0 Å². The molecular formula is C16H18ClFN4O. The molecule has 0 spiro atoms. The summed E-state index contributed by atoms with van der Waals surface area (Å²) in [5.41, 5.74) is 1.50. The van der Waals surface area contributed by atoms with Gasteiger partial charge in [0, 0.05) is 39.8 Å². The van der Waals surface area contributed by atoms with E-state index in [-0.39, 0.29) is 11.7 Å². The Balaban J connectivity index is 1.58. The van der Waals surface area contributed by atoms with Gasteiger partial charge in [-0.05, 0) is 17.7 Å². The number of amides is 1. The average molecular weight is 337 g/mol. The molecule has 1 fully saturated rings. The van der Waals surface area contributed by atoms with Gasteiger partial charge in [0.05, 0.1) is 11.2 Å².